The molecular formula is C70H100O18. The number of benzene rings is 2. The fraction of sp³-hybridized carbons (Fsp3) is 0.614. The average Bonchev–Trinajstić information content (AvgIpc) is 0.906. The molecule has 2 heterocycles. The van der Waals surface area contributed by atoms with Crippen molar-refractivity contribution in [3.63, 3.8) is 0 Å². The Morgan fingerprint density at radius 1 is 0.636 bits per heavy atom. The summed E-state index contributed by atoms with van der Waals surface area (Å²) in [5.41, 5.74) is 0.526. The third-order valence-electron chi connectivity index (χ3n) is 16.9. The van der Waals surface area contributed by atoms with Gasteiger partial charge in [-0.05, 0) is 186 Å². The number of hydrogen-bond acceptors (Lipinski definition) is 18. The van der Waals surface area contributed by atoms with E-state index in [-0.39, 0.29) is 65.8 Å². The topological polar surface area (TPSA) is 227 Å². The molecule has 2 aliphatic heterocycles. The SMILES string of the molecule is C=C(C)C(=O)OC1(C(C)C)CCCC1.C=C(C)C(=O)OC12CC3CC(O)(CC(O)(C3)C1)C2.C=C(C)C(=O)OCC(=O)OC1C2CC3CC(C2)C(=O)OC1C3.C=Cc1ccc(OC(C)OCC)c(OC(C)OCC)c1.C=Cc1ccc(OC(C)OCC)cc1. The van der Waals surface area contributed by atoms with Crippen LogP contribution in [0.15, 0.2) is 92.1 Å². The van der Waals surface area contributed by atoms with Crippen LogP contribution in [0.5, 0.6) is 17.2 Å². The predicted octanol–water partition coefficient (Wildman–Crippen LogP) is 12.7. The van der Waals surface area contributed by atoms with Gasteiger partial charge < -0.3 is 62.3 Å². The smallest absolute Gasteiger partial charge is 0.344 e. The molecule has 11 rings (SSSR count). The van der Waals surface area contributed by atoms with Crippen LogP contribution in [0.25, 0.3) is 12.2 Å². The molecule has 10 unspecified atom stereocenters. The zero-order valence-corrected chi connectivity index (χ0v) is 54.2. The van der Waals surface area contributed by atoms with E-state index in [1.54, 1.807) is 26.0 Å². The molecule has 2 aromatic rings. The molecule has 9 aliphatic rings. The van der Waals surface area contributed by atoms with Crippen molar-refractivity contribution in [3.8, 4) is 17.2 Å². The predicted molar refractivity (Wildman–Crippen MR) is 334 cm³/mol. The molecule has 8 bridgehead atoms. The number of ether oxygens (including phenoxy) is 11. The van der Waals surface area contributed by atoms with Gasteiger partial charge in [0.05, 0.1) is 17.1 Å². The van der Waals surface area contributed by atoms with E-state index in [1.807, 2.05) is 84.0 Å². The zero-order chi connectivity index (χ0) is 65.1. The molecule has 488 valence electrons. The number of carbonyl (C=O) groups is 5. The van der Waals surface area contributed by atoms with Gasteiger partial charge >= 0.3 is 29.8 Å². The lowest BCUT2D eigenvalue weighted by atomic mass is 9.50. The van der Waals surface area contributed by atoms with E-state index in [0.717, 1.165) is 74.7 Å². The van der Waals surface area contributed by atoms with Gasteiger partial charge in [-0.15, -0.1) is 0 Å². The van der Waals surface area contributed by atoms with Crippen molar-refractivity contribution in [2.45, 2.75) is 220 Å². The highest BCUT2D eigenvalue weighted by atomic mass is 16.7. The Morgan fingerprint density at radius 3 is 1.67 bits per heavy atom. The minimum Gasteiger partial charge on any atom is -0.465 e. The Morgan fingerprint density at radius 2 is 1.16 bits per heavy atom. The van der Waals surface area contributed by atoms with E-state index in [9.17, 15) is 34.2 Å². The van der Waals surface area contributed by atoms with E-state index in [1.165, 1.54) is 19.8 Å². The highest BCUT2D eigenvalue weighted by molar-refractivity contribution is 5.89. The van der Waals surface area contributed by atoms with Crippen LogP contribution in [-0.2, 0) is 61.9 Å². The second-order valence-electron chi connectivity index (χ2n) is 25.1. The largest absolute Gasteiger partial charge is 0.465 e. The van der Waals surface area contributed by atoms with Crippen molar-refractivity contribution in [1.82, 2.24) is 0 Å². The summed E-state index contributed by atoms with van der Waals surface area (Å²) in [6, 6.07) is 13.4. The van der Waals surface area contributed by atoms with Gasteiger partial charge in [0.2, 0.25) is 0 Å². The molecule has 18 nitrogen and oxygen atoms in total. The van der Waals surface area contributed by atoms with Crippen molar-refractivity contribution in [2.24, 2.45) is 29.6 Å². The van der Waals surface area contributed by atoms with Crippen molar-refractivity contribution in [2.75, 3.05) is 26.4 Å². The molecule has 9 fully saturated rings. The number of esters is 5. The van der Waals surface area contributed by atoms with Crippen LogP contribution in [0, 0.1) is 29.6 Å². The highest BCUT2D eigenvalue weighted by Crippen LogP contribution is 2.60. The van der Waals surface area contributed by atoms with Gasteiger partial charge in [-0.3, -0.25) is 4.79 Å². The van der Waals surface area contributed by atoms with Gasteiger partial charge in [-0.2, -0.15) is 0 Å². The summed E-state index contributed by atoms with van der Waals surface area (Å²) in [6.07, 6.45) is 13.1. The van der Waals surface area contributed by atoms with Crippen LogP contribution >= 0.6 is 0 Å². The fourth-order valence-electron chi connectivity index (χ4n) is 13.4. The molecule has 88 heavy (non-hydrogen) atoms. The van der Waals surface area contributed by atoms with Crippen molar-refractivity contribution in [1.29, 1.82) is 0 Å². The minimum atomic E-state index is -0.858. The van der Waals surface area contributed by atoms with E-state index >= 15 is 0 Å². The van der Waals surface area contributed by atoms with Crippen molar-refractivity contribution < 1.29 is 86.3 Å². The quantitative estimate of drug-likeness (QED) is 0.0456. The molecule has 0 amide bonds. The maximum Gasteiger partial charge on any atom is 0.344 e. The molecule has 0 spiro atoms. The van der Waals surface area contributed by atoms with Crippen LogP contribution in [0.1, 0.15) is 177 Å². The highest BCUT2D eigenvalue weighted by Gasteiger charge is 2.64. The standard InChI is InChI=1S/C16H20O6.C16H24O4.C14H20O4.C12H20O2.C12H16O2/c1-8(2)15(18)20-7-13(17)22-14-10-3-9-4-11(6-10)16(19)21-12(14)5-9;1-6-14-9-10-15(19-12(4)17-7-2)16(11-14)20-13(5)18-8-3;1-9(2)11(15)18-14-5-10-3-12(16,7-14)6-13(17,4-10)8-14;1-9(2)11(13)14-12(10(3)4)7-5-6-8-12;1-4-11-6-8-12(9-7-11)14-10(3)13-5-2/h9-12,14H,1,3-7H2,2H3;6,9-13H,1,7-8H2,2-5H3;10,16-17H,1,3-8H2,2H3;10H,1,5-8H2,2-4H3;4,6-10H,1,5H2,2-3H3. The number of aliphatic hydroxyl groups is 2. The Bertz CT molecular complexity index is 2700. The lowest BCUT2D eigenvalue weighted by Gasteiger charge is -2.62. The maximum atomic E-state index is 11.9. The number of fused-ring (bicyclic) bond motifs is 1. The van der Waals surface area contributed by atoms with Gasteiger partial charge in [-0.1, -0.05) is 77.1 Å². The lowest BCUT2D eigenvalue weighted by Crippen LogP contribution is -2.66. The molecule has 7 saturated carbocycles. The van der Waals surface area contributed by atoms with E-state index in [2.05, 4.69) is 46.7 Å². The third-order valence-corrected chi connectivity index (χ3v) is 16.9. The summed E-state index contributed by atoms with van der Waals surface area (Å²) >= 11 is 0. The lowest BCUT2D eigenvalue weighted by molar-refractivity contribution is -0.260. The van der Waals surface area contributed by atoms with E-state index in [0.29, 0.717) is 73.6 Å². The summed E-state index contributed by atoms with van der Waals surface area (Å²) < 4.78 is 59.9. The first-order valence-corrected chi connectivity index (χ1v) is 31.3. The first kappa shape index (κ1) is 72.4. The van der Waals surface area contributed by atoms with Crippen LogP contribution in [0.3, 0.4) is 0 Å². The van der Waals surface area contributed by atoms with Crippen molar-refractivity contribution >= 4 is 42.0 Å². The Balaban J connectivity index is 0.000000203. The number of hydrogen-bond donors (Lipinski definition) is 2. The number of carbonyl (C=O) groups excluding carboxylic acids is 5. The molecule has 10 atom stereocenters. The zero-order valence-electron chi connectivity index (χ0n) is 54.2. The molecule has 18 heteroatoms. The van der Waals surface area contributed by atoms with Gasteiger partial charge in [-0.25, -0.2) is 19.2 Å². The molecule has 7 aliphatic carbocycles. The van der Waals surface area contributed by atoms with Crippen molar-refractivity contribution in [3.05, 3.63) is 103 Å². The van der Waals surface area contributed by atoms with Crippen LogP contribution in [-0.4, -0.2) is 120 Å². The van der Waals surface area contributed by atoms with Gasteiger partial charge in [0, 0.05) is 61.7 Å². The fourth-order valence-corrected chi connectivity index (χ4v) is 13.4. The molecule has 0 radical (unpaired) electrons. The van der Waals surface area contributed by atoms with Crippen LogP contribution < -0.4 is 14.2 Å². The summed E-state index contributed by atoms with van der Waals surface area (Å²) in [4.78, 5) is 58.3. The first-order chi connectivity index (χ1) is 41.5. The Labute approximate surface area is 522 Å². The van der Waals surface area contributed by atoms with Gasteiger partial charge in [0.15, 0.2) is 37.0 Å². The maximum absolute atomic E-state index is 11.9. The summed E-state index contributed by atoms with van der Waals surface area (Å²) in [7, 11) is 0. The van der Waals surface area contributed by atoms with Gasteiger partial charge in [0.1, 0.15) is 29.2 Å². The second-order valence-corrected chi connectivity index (χ2v) is 25.1. The molecule has 2 saturated heterocycles. The number of rotatable bonds is 23. The summed E-state index contributed by atoms with van der Waals surface area (Å²) in [5, 5.41) is 21.0. The Kier molecular flexibility index (Phi) is 27.1. The van der Waals surface area contributed by atoms with E-state index in [4.69, 9.17) is 52.1 Å². The molecule has 0 aromatic heterocycles. The first-order valence-electron chi connectivity index (χ1n) is 31.3. The van der Waals surface area contributed by atoms with Crippen LogP contribution in [0.2, 0.25) is 0 Å². The summed E-state index contributed by atoms with van der Waals surface area (Å²) in [6.45, 7) is 39.9. The Hall–Kier alpha value is -6.31. The normalized spacial score (nSPS) is 27.1. The molecule has 2 N–H and O–H groups in total. The van der Waals surface area contributed by atoms with Gasteiger partial charge in [0.25, 0.3) is 0 Å². The summed E-state index contributed by atoms with van der Waals surface area (Å²) in [5.74, 6) is 1.27. The van der Waals surface area contributed by atoms with Crippen LogP contribution in [0.4, 0.5) is 0 Å². The molecular weight excluding hydrogens is 1130 g/mol. The second kappa shape index (κ2) is 33.0. The minimum absolute atomic E-state index is 0.0568. The average molecular weight is 1230 g/mol. The monoisotopic (exact) mass is 1230 g/mol. The molecule has 2 aromatic carbocycles. The van der Waals surface area contributed by atoms with E-state index < -0.39 is 47.4 Å². The third kappa shape index (κ3) is 21.2.